The lowest BCUT2D eigenvalue weighted by molar-refractivity contribution is -0.388. The van der Waals surface area contributed by atoms with Gasteiger partial charge in [-0.2, -0.15) is 0 Å². The van der Waals surface area contributed by atoms with Gasteiger partial charge in [0.25, 0.3) is 12.1 Å². The molecule has 10 heteroatoms. The minimum atomic E-state index is -4.40. The van der Waals surface area contributed by atoms with Gasteiger partial charge in [-0.15, -0.1) is 0 Å². The van der Waals surface area contributed by atoms with Gasteiger partial charge in [0.2, 0.25) is 10.0 Å². The third-order valence-electron chi connectivity index (χ3n) is 1.85. The van der Waals surface area contributed by atoms with Crippen LogP contribution in [0, 0.1) is 17.0 Å². The molecule has 0 aliphatic carbocycles. The number of primary sulfonamides is 1. The summed E-state index contributed by atoms with van der Waals surface area (Å²) in [5.74, 6) is 0. The molecule has 0 aliphatic rings. The van der Waals surface area contributed by atoms with E-state index in [9.17, 15) is 27.3 Å². The molecule has 0 bridgehead atoms. The maximum atomic E-state index is 12.4. The van der Waals surface area contributed by atoms with Crippen LogP contribution in [0.1, 0.15) is 17.8 Å². The summed E-state index contributed by atoms with van der Waals surface area (Å²) in [4.78, 5) is 11.9. The van der Waals surface area contributed by atoms with E-state index in [2.05, 4.69) is 4.98 Å². The molecule has 94 valence electrons. The smallest absolute Gasteiger partial charge is 0.258 e. The fraction of sp³-hybridized carbons (Fsp3) is 0.286. The second-order valence-corrected chi connectivity index (χ2v) is 4.58. The van der Waals surface area contributed by atoms with Crippen molar-refractivity contribution < 1.29 is 22.1 Å². The molecule has 2 N–H and O–H groups in total. The van der Waals surface area contributed by atoms with E-state index < -0.39 is 43.3 Å². The maximum Gasteiger partial charge on any atom is 0.293 e. The third-order valence-corrected chi connectivity index (χ3v) is 2.92. The summed E-state index contributed by atoms with van der Waals surface area (Å²) in [5, 5.41) is 15.4. The van der Waals surface area contributed by atoms with Crippen LogP contribution in [0.4, 0.5) is 14.5 Å². The molecule has 0 radical (unpaired) electrons. The van der Waals surface area contributed by atoms with Gasteiger partial charge in [0.05, 0.1) is 10.6 Å². The fourth-order valence-electron chi connectivity index (χ4n) is 1.27. The molecule has 0 aromatic carbocycles. The summed E-state index contributed by atoms with van der Waals surface area (Å²) in [7, 11) is -4.40. The topological polar surface area (TPSA) is 116 Å². The molecular weight excluding hydrogens is 260 g/mol. The number of pyridine rings is 1. The number of nitrogens with zero attached hydrogens (tertiary/aromatic N) is 2. The number of hydrogen-bond donors (Lipinski definition) is 1. The second-order valence-electron chi connectivity index (χ2n) is 3.08. The van der Waals surface area contributed by atoms with Crippen LogP contribution in [0.25, 0.3) is 0 Å². The SMILES string of the molecule is Cc1nc(C(F)F)cc([N+](=O)[O-])c1S(N)(=O)=O. The van der Waals surface area contributed by atoms with Crippen LogP contribution in [0.15, 0.2) is 11.0 Å². The molecule has 0 amide bonds. The van der Waals surface area contributed by atoms with Crippen LogP contribution in [-0.4, -0.2) is 18.3 Å². The number of alkyl halides is 2. The first kappa shape index (κ1) is 13.4. The van der Waals surface area contributed by atoms with Crippen molar-refractivity contribution in [1.29, 1.82) is 0 Å². The molecule has 0 aliphatic heterocycles. The molecule has 0 fully saturated rings. The summed E-state index contributed by atoms with van der Waals surface area (Å²) < 4.78 is 46.9. The van der Waals surface area contributed by atoms with E-state index in [-0.39, 0.29) is 0 Å². The number of nitrogens with two attached hydrogens (primary N) is 1. The van der Waals surface area contributed by atoms with Crippen molar-refractivity contribution in [2.45, 2.75) is 18.2 Å². The Hall–Kier alpha value is -1.68. The lowest BCUT2D eigenvalue weighted by Gasteiger charge is -2.06. The Morgan fingerprint density at radius 1 is 1.53 bits per heavy atom. The van der Waals surface area contributed by atoms with Gasteiger partial charge in [-0.1, -0.05) is 0 Å². The zero-order chi connectivity index (χ0) is 13.4. The standard InChI is InChI=1S/C7H7F2N3O4S/c1-3-6(17(10,15)16)5(12(13)14)2-4(11-3)7(8)9/h2,7H,1H3,(H2,10,15,16). The number of nitro groups is 1. The summed E-state index contributed by atoms with van der Waals surface area (Å²) in [6, 6.07) is 0.400. The van der Waals surface area contributed by atoms with Gasteiger partial charge in [0, 0.05) is 6.07 Å². The highest BCUT2D eigenvalue weighted by Crippen LogP contribution is 2.29. The highest BCUT2D eigenvalue weighted by Gasteiger charge is 2.29. The van der Waals surface area contributed by atoms with Gasteiger partial charge >= 0.3 is 0 Å². The summed E-state index contributed by atoms with van der Waals surface area (Å²) in [5.41, 5.74) is -2.31. The Labute approximate surface area is 94.5 Å². The Bertz CT molecular complexity index is 573. The van der Waals surface area contributed by atoms with Gasteiger partial charge < -0.3 is 0 Å². The number of aromatic nitrogens is 1. The Balaban J connectivity index is 3.68. The molecule has 17 heavy (non-hydrogen) atoms. The molecule has 1 rings (SSSR count). The van der Waals surface area contributed by atoms with E-state index in [1.807, 2.05) is 0 Å². The fourth-order valence-corrected chi connectivity index (χ4v) is 2.15. The molecule has 1 heterocycles. The average molecular weight is 267 g/mol. The van der Waals surface area contributed by atoms with E-state index in [1.165, 1.54) is 0 Å². The van der Waals surface area contributed by atoms with Gasteiger partial charge in [-0.05, 0) is 6.92 Å². The van der Waals surface area contributed by atoms with E-state index in [0.29, 0.717) is 6.07 Å². The molecule has 1 aromatic heterocycles. The van der Waals surface area contributed by atoms with Crippen molar-refractivity contribution in [3.05, 3.63) is 27.6 Å². The van der Waals surface area contributed by atoms with Crippen LogP contribution < -0.4 is 5.14 Å². The normalized spacial score (nSPS) is 11.8. The first-order chi connectivity index (χ1) is 7.64. The van der Waals surface area contributed by atoms with Gasteiger partial charge in [0.1, 0.15) is 5.69 Å². The van der Waals surface area contributed by atoms with Gasteiger partial charge in [-0.25, -0.2) is 22.3 Å². The van der Waals surface area contributed by atoms with Crippen molar-refractivity contribution in [2.24, 2.45) is 5.14 Å². The first-order valence-corrected chi connectivity index (χ1v) is 5.66. The second kappa shape index (κ2) is 4.30. The monoisotopic (exact) mass is 267 g/mol. The van der Waals surface area contributed by atoms with Gasteiger partial charge in [-0.3, -0.25) is 15.1 Å². The van der Waals surface area contributed by atoms with Crippen molar-refractivity contribution in [3.8, 4) is 0 Å². The van der Waals surface area contributed by atoms with E-state index in [0.717, 1.165) is 6.92 Å². The number of hydrogen-bond acceptors (Lipinski definition) is 5. The Morgan fingerprint density at radius 3 is 2.41 bits per heavy atom. The van der Waals surface area contributed by atoms with Crippen molar-refractivity contribution in [1.82, 2.24) is 4.98 Å². The highest BCUT2D eigenvalue weighted by atomic mass is 32.2. The molecule has 0 atom stereocenters. The van der Waals surface area contributed by atoms with Crippen molar-refractivity contribution in [2.75, 3.05) is 0 Å². The average Bonchev–Trinajstić information content (AvgIpc) is 2.13. The molecule has 0 saturated carbocycles. The number of sulfonamides is 1. The predicted molar refractivity (Wildman–Crippen MR) is 52.0 cm³/mol. The number of halogens is 2. The van der Waals surface area contributed by atoms with Crippen LogP contribution in [0.5, 0.6) is 0 Å². The van der Waals surface area contributed by atoms with Crippen LogP contribution in [-0.2, 0) is 10.0 Å². The highest BCUT2D eigenvalue weighted by molar-refractivity contribution is 7.89. The van der Waals surface area contributed by atoms with Crippen LogP contribution in [0.3, 0.4) is 0 Å². The van der Waals surface area contributed by atoms with Crippen LogP contribution in [0.2, 0.25) is 0 Å². The Kier molecular flexibility index (Phi) is 3.38. The van der Waals surface area contributed by atoms with E-state index in [1.54, 1.807) is 0 Å². The summed E-state index contributed by atoms with van der Waals surface area (Å²) in [6.07, 6.45) is -3.04. The maximum absolute atomic E-state index is 12.4. The largest absolute Gasteiger partial charge is 0.293 e. The molecule has 0 unspecified atom stereocenters. The minimum absolute atomic E-state index is 0.400. The molecule has 1 aromatic rings. The van der Waals surface area contributed by atoms with Crippen molar-refractivity contribution >= 4 is 15.7 Å². The number of rotatable bonds is 3. The summed E-state index contributed by atoms with van der Waals surface area (Å²) >= 11 is 0. The van der Waals surface area contributed by atoms with E-state index >= 15 is 0 Å². The molecular formula is C7H7F2N3O4S. The lowest BCUT2D eigenvalue weighted by Crippen LogP contribution is -2.17. The quantitative estimate of drug-likeness (QED) is 0.644. The first-order valence-electron chi connectivity index (χ1n) is 4.11. The third kappa shape index (κ3) is 2.71. The molecule has 7 nitrogen and oxygen atoms in total. The molecule has 0 spiro atoms. The lowest BCUT2D eigenvalue weighted by atomic mass is 10.2. The molecule has 0 saturated heterocycles. The van der Waals surface area contributed by atoms with Crippen LogP contribution >= 0.6 is 0 Å². The summed E-state index contributed by atoms with van der Waals surface area (Å²) in [6.45, 7) is 1.05. The predicted octanol–water partition coefficient (Wildman–Crippen LogP) is 0.883. The van der Waals surface area contributed by atoms with Crippen molar-refractivity contribution in [3.63, 3.8) is 0 Å². The number of aryl methyl sites for hydroxylation is 1. The minimum Gasteiger partial charge on any atom is -0.258 e. The zero-order valence-electron chi connectivity index (χ0n) is 8.42. The zero-order valence-corrected chi connectivity index (χ0v) is 9.24. The Morgan fingerprint density at radius 2 is 2.06 bits per heavy atom. The van der Waals surface area contributed by atoms with E-state index in [4.69, 9.17) is 5.14 Å². The van der Waals surface area contributed by atoms with Gasteiger partial charge in [0.15, 0.2) is 4.90 Å².